The van der Waals surface area contributed by atoms with Crippen molar-refractivity contribution in [2.24, 2.45) is 13.0 Å². The Morgan fingerprint density at radius 2 is 2.00 bits per heavy atom. The summed E-state index contributed by atoms with van der Waals surface area (Å²) < 4.78 is 1.78. The molecule has 3 heterocycles. The van der Waals surface area contributed by atoms with Gasteiger partial charge in [0.1, 0.15) is 11.6 Å². The second-order valence-corrected chi connectivity index (χ2v) is 8.11. The number of nitrogens with zero attached hydrogens (tertiary/aromatic N) is 4. The summed E-state index contributed by atoms with van der Waals surface area (Å²) in [4.78, 5) is 19.6. The van der Waals surface area contributed by atoms with Crippen LogP contribution in [0.2, 0.25) is 0 Å². The molecule has 1 saturated carbocycles. The maximum atomic E-state index is 12.8. The number of aromatic nitrogens is 3. The number of piperidine rings is 1. The van der Waals surface area contributed by atoms with Crippen LogP contribution in [0.3, 0.4) is 0 Å². The van der Waals surface area contributed by atoms with Crippen LogP contribution in [0.5, 0.6) is 0 Å². The third-order valence-corrected chi connectivity index (χ3v) is 5.90. The molecule has 6 nitrogen and oxygen atoms in total. The number of carbonyl (C=O) groups excluding carboxylic acids is 1. The molecule has 0 spiro atoms. The summed E-state index contributed by atoms with van der Waals surface area (Å²) in [6.07, 6.45) is 9.13. The van der Waals surface area contributed by atoms with Crippen molar-refractivity contribution in [3.8, 4) is 0 Å². The molecule has 2 fully saturated rings. The van der Waals surface area contributed by atoms with Crippen molar-refractivity contribution >= 4 is 17.5 Å². The Kier molecular flexibility index (Phi) is 5.14. The lowest BCUT2D eigenvalue weighted by Gasteiger charge is -2.31. The number of hydrogen-bond acceptors (Lipinski definition) is 4. The van der Waals surface area contributed by atoms with E-state index in [1.54, 1.807) is 16.9 Å². The molecule has 144 valence electrons. The van der Waals surface area contributed by atoms with E-state index in [9.17, 15) is 4.79 Å². The lowest BCUT2D eigenvalue weighted by molar-refractivity contribution is 0.102. The molecule has 0 aromatic carbocycles. The largest absolute Gasteiger partial charge is 0.356 e. The van der Waals surface area contributed by atoms with E-state index >= 15 is 0 Å². The summed E-state index contributed by atoms with van der Waals surface area (Å²) in [5, 5.41) is 7.64. The van der Waals surface area contributed by atoms with Crippen LogP contribution < -0.4 is 10.2 Å². The molecule has 2 aromatic heterocycles. The molecule has 1 unspecified atom stereocenters. The minimum atomic E-state index is -0.107. The maximum Gasteiger partial charge on any atom is 0.256 e. The van der Waals surface area contributed by atoms with Crippen molar-refractivity contribution < 1.29 is 4.79 Å². The van der Waals surface area contributed by atoms with Gasteiger partial charge in [-0.15, -0.1) is 0 Å². The summed E-state index contributed by atoms with van der Waals surface area (Å²) >= 11 is 0. The molecule has 1 amide bonds. The number of hydrogen-bond donors (Lipinski definition) is 1. The number of carbonyl (C=O) groups is 1. The number of aryl methyl sites for hydroxylation is 1. The SMILES string of the molecule is CC1CCCN(c2cc(C(=O)Nc3cc(C4CCCC4)nn3C)ccn2)C1. The van der Waals surface area contributed by atoms with Gasteiger partial charge in [-0.25, -0.2) is 4.98 Å². The van der Waals surface area contributed by atoms with Gasteiger partial charge in [-0.2, -0.15) is 5.10 Å². The van der Waals surface area contributed by atoms with Gasteiger partial charge in [0, 0.05) is 43.9 Å². The monoisotopic (exact) mass is 367 g/mol. The Morgan fingerprint density at radius 3 is 2.78 bits per heavy atom. The molecule has 6 heteroatoms. The molecular weight excluding hydrogens is 338 g/mol. The van der Waals surface area contributed by atoms with Gasteiger partial charge in [-0.1, -0.05) is 19.8 Å². The van der Waals surface area contributed by atoms with Crippen LogP contribution in [0.15, 0.2) is 24.4 Å². The van der Waals surface area contributed by atoms with Gasteiger partial charge in [0.2, 0.25) is 0 Å². The topological polar surface area (TPSA) is 63.1 Å². The predicted octanol–water partition coefficient (Wildman–Crippen LogP) is 3.96. The van der Waals surface area contributed by atoms with E-state index in [1.165, 1.54) is 38.5 Å². The number of rotatable bonds is 4. The first-order valence-electron chi connectivity index (χ1n) is 10.2. The van der Waals surface area contributed by atoms with E-state index < -0.39 is 0 Å². The quantitative estimate of drug-likeness (QED) is 0.888. The standard InChI is InChI=1S/C21H29N5O/c1-15-6-5-11-26(14-15)19-12-17(9-10-22-19)21(27)23-20-13-18(24-25(20)2)16-7-3-4-8-16/h9-10,12-13,15-16H,3-8,11,14H2,1-2H3,(H,23,27). The predicted molar refractivity (Wildman–Crippen MR) is 107 cm³/mol. The Balaban J connectivity index is 1.47. The average Bonchev–Trinajstić information content (AvgIpc) is 3.32. The minimum absolute atomic E-state index is 0.107. The van der Waals surface area contributed by atoms with Crippen molar-refractivity contribution in [3.63, 3.8) is 0 Å². The summed E-state index contributed by atoms with van der Waals surface area (Å²) in [5.41, 5.74) is 1.74. The Bertz CT molecular complexity index is 809. The molecular formula is C21H29N5O. The van der Waals surface area contributed by atoms with Crippen LogP contribution in [-0.2, 0) is 7.05 Å². The van der Waals surface area contributed by atoms with E-state index in [4.69, 9.17) is 0 Å². The first-order valence-corrected chi connectivity index (χ1v) is 10.2. The van der Waals surface area contributed by atoms with Gasteiger partial charge < -0.3 is 10.2 Å². The molecule has 0 radical (unpaired) electrons. The van der Waals surface area contributed by atoms with Crippen molar-refractivity contribution in [3.05, 3.63) is 35.7 Å². The number of pyridine rings is 1. The molecule has 0 bridgehead atoms. The molecule has 27 heavy (non-hydrogen) atoms. The summed E-state index contributed by atoms with van der Waals surface area (Å²) in [5.74, 6) is 2.75. The fourth-order valence-corrected chi connectivity index (χ4v) is 4.35. The third kappa shape index (κ3) is 3.99. The Morgan fingerprint density at radius 1 is 1.19 bits per heavy atom. The highest BCUT2D eigenvalue weighted by atomic mass is 16.1. The van der Waals surface area contributed by atoms with E-state index in [1.807, 2.05) is 19.2 Å². The third-order valence-electron chi connectivity index (χ3n) is 5.90. The van der Waals surface area contributed by atoms with Crippen molar-refractivity contribution in [2.75, 3.05) is 23.3 Å². The second kappa shape index (κ2) is 7.71. The molecule has 2 aromatic rings. The van der Waals surface area contributed by atoms with E-state index in [0.29, 0.717) is 17.4 Å². The summed E-state index contributed by atoms with van der Waals surface area (Å²) in [6.45, 7) is 4.28. The number of nitrogens with one attached hydrogen (secondary N) is 1. The van der Waals surface area contributed by atoms with Gasteiger partial charge in [0.05, 0.1) is 5.69 Å². The first-order chi connectivity index (χ1) is 13.1. The zero-order valence-electron chi connectivity index (χ0n) is 16.3. The van der Waals surface area contributed by atoms with Gasteiger partial charge in [0.25, 0.3) is 5.91 Å². The van der Waals surface area contributed by atoms with Crippen LogP contribution in [-0.4, -0.2) is 33.8 Å². The Hall–Kier alpha value is -2.37. The summed E-state index contributed by atoms with van der Waals surface area (Å²) in [7, 11) is 1.89. The Labute approximate surface area is 161 Å². The zero-order chi connectivity index (χ0) is 18.8. The highest BCUT2D eigenvalue weighted by molar-refractivity contribution is 6.04. The van der Waals surface area contributed by atoms with Gasteiger partial charge in [-0.05, 0) is 43.7 Å². The first kappa shape index (κ1) is 18.0. The zero-order valence-corrected chi connectivity index (χ0v) is 16.3. The highest BCUT2D eigenvalue weighted by Crippen LogP contribution is 2.34. The van der Waals surface area contributed by atoms with Gasteiger partial charge in [-0.3, -0.25) is 9.48 Å². The van der Waals surface area contributed by atoms with Crippen molar-refractivity contribution in [1.29, 1.82) is 0 Å². The van der Waals surface area contributed by atoms with E-state index in [0.717, 1.165) is 30.4 Å². The lowest BCUT2D eigenvalue weighted by Crippen LogP contribution is -2.34. The van der Waals surface area contributed by atoms with Crippen LogP contribution in [0.1, 0.15) is 67.4 Å². The lowest BCUT2D eigenvalue weighted by atomic mass is 10.0. The van der Waals surface area contributed by atoms with E-state index in [2.05, 4.69) is 27.2 Å². The fourth-order valence-electron chi connectivity index (χ4n) is 4.35. The van der Waals surface area contributed by atoms with Crippen LogP contribution in [0, 0.1) is 5.92 Å². The van der Waals surface area contributed by atoms with E-state index in [-0.39, 0.29) is 5.91 Å². The second-order valence-electron chi connectivity index (χ2n) is 8.11. The van der Waals surface area contributed by atoms with Crippen LogP contribution in [0.25, 0.3) is 0 Å². The minimum Gasteiger partial charge on any atom is -0.356 e. The van der Waals surface area contributed by atoms with Gasteiger partial charge >= 0.3 is 0 Å². The number of anilines is 2. The molecule has 1 N–H and O–H groups in total. The molecule has 1 aliphatic heterocycles. The summed E-state index contributed by atoms with van der Waals surface area (Å²) in [6, 6.07) is 5.71. The molecule has 4 rings (SSSR count). The van der Waals surface area contributed by atoms with Gasteiger partial charge in [0.15, 0.2) is 0 Å². The smallest absolute Gasteiger partial charge is 0.256 e. The van der Waals surface area contributed by atoms with Crippen LogP contribution >= 0.6 is 0 Å². The highest BCUT2D eigenvalue weighted by Gasteiger charge is 2.22. The average molecular weight is 367 g/mol. The van der Waals surface area contributed by atoms with Crippen molar-refractivity contribution in [2.45, 2.75) is 51.4 Å². The molecule has 1 saturated heterocycles. The van der Waals surface area contributed by atoms with Crippen LogP contribution in [0.4, 0.5) is 11.6 Å². The molecule has 1 atom stereocenters. The fraction of sp³-hybridized carbons (Fsp3) is 0.571. The molecule has 2 aliphatic rings. The molecule has 1 aliphatic carbocycles. The maximum absolute atomic E-state index is 12.8. The normalized spacial score (nSPS) is 20.8. The number of amides is 1. The van der Waals surface area contributed by atoms with Crippen molar-refractivity contribution in [1.82, 2.24) is 14.8 Å².